The number of hydrogen-bond donors (Lipinski definition) is 2. The fraction of sp³-hybridized carbons (Fsp3) is 0.258. The molecule has 41 heavy (non-hydrogen) atoms. The Labute approximate surface area is 241 Å². The van der Waals surface area contributed by atoms with Gasteiger partial charge >= 0.3 is 0 Å². The van der Waals surface area contributed by atoms with Crippen molar-refractivity contribution < 1.29 is 9.59 Å². The van der Waals surface area contributed by atoms with Gasteiger partial charge in [-0.1, -0.05) is 54.1 Å². The maximum atomic E-state index is 13.7. The van der Waals surface area contributed by atoms with Gasteiger partial charge in [-0.3, -0.25) is 19.0 Å². The van der Waals surface area contributed by atoms with Gasteiger partial charge in [0, 0.05) is 36.1 Å². The van der Waals surface area contributed by atoms with Gasteiger partial charge in [0.05, 0.1) is 11.1 Å². The van der Waals surface area contributed by atoms with E-state index in [1.165, 1.54) is 4.57 Å². The molecule has 0 saturated carbocycles. The van der Waals surface area contributed by atoms with Gasteiger partial charge in [0.25, 0.3) is 5.56 Å². The number of fused-ring (bicyclic) bond motifs is 3. The maximum absolute atomic E-state index is 13.7. The Morgan fingerprint density at radius 1 is 1.00 bits per heavy atom. The molecule has 1 fully saturated rings. The van der Waals surface area contributed by atoms with Crippen LogP contribution in [0.3, 0.4) is 0 Å². The quantitative estimate of drug-likeness (QED) is 0.375. The Bertz CT molecular complexity index is 1770. The highest BCUT2D eigenvalue weighted by molar-refractivity contribution is 6.32. The molecular formula is C31H27ClN6O3. The molecule has 2 amide bonds. The molecule has 1 spiro atoms. The van der Waals surface area contributed by atoms with Crippen LogP contribution >= 0.6 is 11.6 Å². The van der Waals surface area contributed by atoms with Crippen molar-refractivity contribution in [3.8, 4) is 11.3 Å². The number of nitrogens with zero attached hydrogens (tertiary/aromatic N) is 4. The lowest BCUT2D eigenvalue weighted by atomic mass is 9.79. The van der Waals surface area contributed by atoms with E-state index < -0.39 is 5.41 Å². The SMILES string of the molecule is O=C(Cn1c(-c2ccccc2)c(Cl)nc(N2CCCC2)c1=O)Nc1ccc2c(c1)CC1(C2)C(=O)Nc2ncccc21. The minimum atomic E-state index is -0.688. The van der Waals surface area contributed by atoms with Crippen molar-refractivity contribution >= 4 is 40.7 Å². The Hall–Kier alpha value is -4.50. The van der Waals surface area contributed by atoms with E-state index in [1.54, 1.807) is 6.20 Å². The first kappa shape index (κ1) is 25.5. The average molecular weight is 567 g/mol. The van der Waals surface area contributed by atoms with Crippen molar-refractivity contribution in [3.05, 3.63) is 99.1 Å². The lowest BCUT2D eigenvalue weighted by Crippen LogP contribution is -2.35. The minimum Gasteiger partial charge on any atom is -0.352 e. The molecule has 2 aliphatic heterocycles. The largest absolute Gasteiger partial charge is 0.352 e. The van der Waals surface area contributed by atoms with Crippen LogP contribution in [0.25, 0.3) is 11.3 Å². The predicted octanol–water partition coefficient (Wildman–Crippen LogP) is 4.19. The third kappa shape index (κ3) is 4.28. The van der Waals surface area contributed by atoms with Gasteiger partial charge in [0.1, 0.15) is 12.4 Å². The summed E-state index contributed by atoms with van der Waals surface area (Å²) in [5, 5.41) is 6.05. The summed E-state index contributed by atoms with van der Waals surface area (Å²) < 4.78 is 1.42. The van der Waals surface area contributed by atoms with Gasteiger partial charge in [-0.15, -0.1) is 0 Å². The first-order valence-electron chi connectivity index (χ1n) is 13.7. The van der Waals surface area contributed by atoms with Crippen LogP contribution in [-0.2, 0) is 34.4 Å². The first-order chi connectivity index (χ1) is 19.9. The average Bonchev–Trinajstić information content (AvgIpc) is 3.70. The number of aromatic nitrogens is 3. The number of anilines is 3. The molecule has 1 aliphatic carbocycles. The van der Waals surface area contributed by atoms with Crippen LogP contribution in [0.4, 0.5) is 17.3 Å². The normalized spacial score (nSPS) is 18.9. The zero-order chi connectivity index (χ0) is 28.1. The lowest BCUT2D eigenvalue weighted by Gasteiger charge is -2.20. The van der Waals surface area contributed by atoms with Crippen LogP contribution < -0.4 is 21.1 Å². The Kier molecular flexibility index (Phi) is 6.12. The molecule has 7 rings (SSSR count). The number of benzene rings is 2. The van der Waals surface area contributed by atoms with Gasteiger partial charge in [-0.25, -0.2) is 9.97 Å². The number of amides is 2. The van der Waals surface area contributed by atoms with Crippen molar-refractivity contribution in [2.45, 2.75) is 37.6 Å². The van der Waals surface area contributed by atoms with Crippen LogP contribution in [0, 0.1) is 0 Å². The molecule has 4 aromatic rings. The minimum absolute atomic E-state index is 0.0517. The molecule has 0 radical (unpaired) electrons. The number of halogens is 1. The second-order valence-corrected chi connectivity index (χ2v) is 11.2. The Morgan fingerprint density at radius 2 is 1.78 bits per heavy atom. The molecule has 1 saturated heterocycles. The van der Waals surface area contributed by atoms with Gasteiger partial charge in [0.15, 0.2) is 11.0 Å². The van der Waals surface area contributed by atoms with Crippen molar-refractivity contribution in [2.24, 2.45) is 0 Å². The second-order valence-electron chi connectivity index (χ2n) is 10.8. The molecule has 10 heteroatoms. The summed E-state index contributed by atoms with van der Waals surface area (Å²) in [6.45, 7) is 1.23. The molecule has 9 nitrogen and oxygen atoms in total. The van der Waals surface area contributed by atoms with Gasteiger partial charge in [0.2, 0.25) is 11.8 Å². The van der Waals surface area contributed by atoms with E-state index >= 15 is 0 Å². The van der Waals surface area contributed by atoms with Crippen molar-refractivity contribution in [2.75, 3.05) is 28.6 Å². The van der Waals surface area contributed by atoms with E-state index in [-0.39, 0.29) is 34.9 Å². The van der Waals surface area contributed by atoms with E-state index in [9.17, 15) is 14.4 Å². The lowest BCUT2D eigenvalue weighted by molar-refractivity contribution is -0.120. The molecular weight excluding hydrogens is 540 g/mol. The highest BCUT2D eigenvalue weighted by Gasteiger charge is 2.51. The van der Waals surface area contributed by atoms with E-state index in [4.69, 9.17) is 11.6 Å². The summed E-state index contributed by atoms with van der Waals surface area (Å²) in [6, 6.07) is 18.8. The molecule has 2 aromatic carbocycles. The highest BCUT2D eigenvalue weighted by Crippen LogP contribution is 2.47. The second kappa shape index (κ2) is 9.85. The highest BCUT2D eigenvalue weighted by atomic mass is 35.5. The molecule has 4 heterocycles. The van der Waals surface area contributed by atoms with Crippen LogP contribution in [0.2, 0.25) is 5.15 Å². The predicted molar refractivity (Wildman–Crippen MR) is 157 cm³/mol. The van der Waals surface area contributed by atoms with Crippen LogP contribution in [0.5, 0.6) is 0 Å². The van der Waals surface area contributed by atoms with Gasteiger partial charge in [-0.05, 0) is 55.0 Å². The topological polar surface area (TPSA) is 109 Å². The molecule has 3 aliphatic rings. The van der Waals surface area contributed by atoms with Crippen molar-refractivity contribution in [3.63, 3.8) is 0 Å². The fourth-order valence-electron chi connectivity index (χ4n) is 6.37. The van der Waals surface area contributed by atoms with Crippen LogP contribution in [-0.4, -0.2) is 39.4 Å². The monoisotopic (exact) mass is 566 g/mol. The van der Waals surface area contributed by atoms with Crippen molar-refractivity contribution in [1.82, 2.24) is 14.5 Å². The molecule has 1 unspecified atom stereocenters. The standard InChI is InChI=1S/C31H27ClN6O3/c32-26-25(19-7-2-1-3-8-19)38(29(40)28(35-26)37-13-4-5-14-37)18-24(39)34-22-11-10-20-16-31(17-21(20)15-22)23-9-6-12-33-27(23)36-30(31)41/h1-3,6-12,15H,4-5,13-14,16-18H2,(H,34,39)(H,33,36,41). The molecule has 2 N–H and O–H groups in total. The summed E-state index contributed by atoms with van der Waals surface area (Å²) in [5.74, 6) is 0.471. The molecule has 206 valence electrons. The fourth-order valence-corrected chi connectivity index (χ4v) is 6.66. The van der Waals surface area contributed by atoms with Gasteiger partial charge < -0.3 is 15.5 Å². The van der Waals surface area contributed by atoms with E-state index in [1.807, 2.05) is 65.6 Å². The van der Waals surface area contributed by atoms with Gasteiger partial charge in [-0.2, -0.15) is 0 Å². The summed E-state index contributed by atoms with van der Waals surface area (Å²) in [4.78, 5) is 50.9. The summed E-state index contributed by atoms with van der Waals surface area (Å²) in [7, 11) is 0. The number of rotatable bonds is 5. The molecule has 1 atom stereocenters. The zero-order valence-electron chi connectivity index (χ0n) is 22.2. The number of pyridine rings is 1. The summed E-state index contributed by atoms with van der Waals surface area (Å²) in [6.07, 6.45) is 4.72. The zero-order valence-corrected chi connectivity index (χ0v) is 22.9. The Balaban J connectivity index is 1.18. The third-order valence-corrected chi connectivity index (χ3v) is 8.59. The van der Waals surface area contributed by atoms with E-state index in [0.29, 0.717) is 35.6 Å². The maximum Gasteiger partial charge on any atom is 0.294 e. The smallest absolute Gasteiger partial charge is 0.294 e. The summed E-state index contributed by atoms with van der Waals surface area (Å²) >= 11 is 6.67. The van der Waals surface area contributed by atoms with Crippen LogP contribution in [0.15, 0.2) is 71.7 Å². The number of carbonyl (C=O) groups is 2. The van der Waals surface area contributed by atoms with E-state index in [2.05, 4.69) is 20.6 Å². The summed E-state index contributed by atoms with van der Waals surface area (Å²) in [5.41, 5.74) is 3.65. The van der Waals surface area contributed by atoms with E-state index in [0.717, 1.165) is 42.6 Å². The number of nitrogens with one attached hydrogen (secondary N) is 2. The first-order valence-corrected chi connectivity index (χ1v) is 14.1. The third-order valence-electron chi connectivity index (χ3n) is 8.32. The Morgan fingerprint density at radius 3 is 2.59 bits per heavy atom. The van der Waals surface area contributed by atoms with Crippen LogP contribution in [0.1, 0.15) is 29.5 Å². The molecule has 0 bridgehead atoms. The van der Waals surface area contributed by atoms with Crippen molar-refractivity contribution in [1.29, 1.82) is 0 Å². The number of carbonyl (C=O) groups excluding carboxylic acids is 2. The number of hydrogen-bond acceptors (Lipinski definition) is 6. The molecule has 2 aromatic heterocycles.